The predicted octanol–water partition coefficient (Wildman–Crippen LogP) is 3.03. The molecule has 2 N–H and O–H groups in total. The van der Waals surface area contributed by atoms with E-state index in [-0.39, 0.29) is 16.7 Å². The fourth-order valence-corrected chi connectivity index (χ4v) is 2.82. The molecule has 0 bridgehead atoms. The minimum absolute atomic E-state index is 0.124. The maximum atomic E-state index is 6.04. The van der Waals surface area contributed by atoms with Crippen LogP contribution in [0, 0.1) is 0 Å². The molecule has 8 heteroatoms. The predicted molar refractivity (Wildman–Crippen MR) is 134 cm³/mol. The average molecular weight is 479 g/mol. The summed E-state index contributed by atoms with van der Waals surface area (Å²) < 4.78 is 34.2. The molecule has 0 aliphatic heterocycles. The molecule has 0 amide bonds. The van der Waals surface area contributed by atoms with Gasteiger partial charge in [0.2, 0.25) is 0 Å². The van der Waals surface area contributed by atoms with Gasteiger partial charge in [-0.15, -0.1) is 0 Å². The fraction of sp³-hybridized carbons (Fsp3) is 1.00. The number of ether oxygens (including phenoxy) is 6. The fourth-order valence-electron chi connectivity index (χ4n) is 2.82. The van der Waals surface area contributed by atoms with Crippen LogP contribution in [0.3, 0.4) is 0 Å². The summed E-state index contributed by atoms with van der Waals surface area (Å²) in [5.74, 6) is 0. The van der Waals surface area contributed by atoms with Gasteiger partial charge in [0.05, 0.1) is 77.3 Å². The molecule has 33 heavy (non-hydrogen) atoms. The molecule has 0 fully saturated rings. The van der Waals surface area contributed by atoms with E-state index < -0.39 is 0 Å². The highest BCUT2D eigenvalue weighted by Crippen LogP contribution is 2.24. The zero-order chi connectivity index (χ0) is 25.1. The first-order chi connectivity index (χ1) is 15.5. The van der Waals surface area contributed by atoms with Crippen LogP contribution in [0.15, 0.2) is 0 Å². The molecule has 0 spiro atoms. The lowest BCUT2D eigenvalue weighted by atomic mass is 9.94. The average Bonchev–Trinajstić information content (AvgIpc) is 2.72. The molecule has 0 radical (unpaired) electrons. The van der Waals surface area contributed by atoms with Gasteiger partial charge in [0, 0.05) is 18.6 Å². The SMILES string of the molecule is CNCCOCCOCCOCCOC(C)(C)CCC(C)(C)OCCOCCNC(C)(C)C. The lowest BCUT2D eigenvalue weighted by molar-refractivity contribution is -0.0849. The van der Waals surface area contributed by atoms with Crippen LogP contribution in [0.5, 0.6) is 0 Å². The summed E-state index contributed by atoms with van der Waals surface area (Å²) in [7, 11) is 1.91. The first kappa shape index (κ1) is 32.7. The van der Waals surface area contributed by atoms with Crippen molar-refractivity contribution in [3.8, 4) is 0 Å². The first-order valence-electron chi connectivity index (χ1n) is 12.5. The van der Waals surface area contributed by atoms with Crippen LogP contribution in [0.4, 0.5) is 0 Å². The summed E-state index contributed by atoms with van der Waals surface area (Å²) >= 11 is 0. The van der Waals surface area contributed by atoms with Crippen molar-refractivity contribution in [2.45, 2.75) is 78.0 Å². The lowest BCUT2D eigenvalue weighted by Gasteiger charge is -2.31. The van der Waals surface area contributed by atoms with Gasteiger partial charge in [0.15, 0.2) is 0 Å². The monoisotopic (exact) mass is 478 g/mol. The summed E-state index contributed by atoms with van der Waals surface area (Å²) in [5, 5.41) is 6.44. The van der Waals surface area contributed by atoms with Crippen molar-refractivity contribution in [3.63, 3.8) is 0 Å². The van der Waals surface area contributed by atoms with Crippen molar-refractivity contribution in [1.29, 1.82) is 0 Å². The number of nitrogens with one attached hydrogen (secondary N) is 2. The van der Waals surface area contributed by atoms with Crippen LogP contribution in [0.1, 0.15) is 61.3 Å². The van der Waals surface area contributed by atoms with E-state index in [0.717, 1.165) is 25.9 Å². The van der Waals surface area contributed by atoms with E-state index in [9.17, 15) is 0 Å². The van der Waals surface area contributed by atoms with Gasteiger partial charge >= 0.3 is 0 Å². The quantitative estimate of drug-likeness (QED) is 0.217. The van der Waals surface area contributed by atoms with E-state index >= 15 is 0 Å². The van der Waals surface area contributed by atoms with Gasteiger partial charge in [0.25, 0.3) is 0 Å². The standard InChI is InChI=1S/C25H54N2O6/c1-23(2,3)27-12-14-29-19-21-32-24(4,5)9-10-25(6,7)33-22-20-31-18-17-30-16-15-28-13-11-26-8/h26-27H,9-22H2,1-8H3. The van der Waals surface area contributed by atoms with Crippen molar-refractivity contribution in [2.75, 3.05) is 86.2 Å². The molecule has 0 unspecified atom stereocenters. The number of hydrogen-bond donors (Lipinski definition) is 2. The Labute approximate surface area is 203 Å². The Morgan fingerprint density at radius 3 is 1.24 bits per heavy atom. The second-order valence-corrected chi connectivity index (χ2v) is 10.4. The molecule has 0 saturated carbocycles. The molecule has 0 atom stereocenters. The molecular weight excluding hydrogens is 424 g/mol. The van der Waals surface area contributed by atoms with Crippen LogP contribution in [-0.4, -0.2) is 103 Å². The zero-order valence-electron chi connectivity index (χ0n) is 22.8. The molecule has 8 nitrogen and oxygen atoms in total. The van der Waals surface area contributed by atoms with E-state index in [1.165, 1.54) is 0 Å². The van der Waals surface area contributed by atoms with Gasteiger partial charge in [-0.3, -0.25) is 0 Å². The molecule has 0 aliphatic carbocycles. The maximum Gasteiger partial charge on any atom is 0.0707 e. The van der Waals surface area contributed by atoms with Gasteiger partial charge in [0.1, 0.15) is 0 Å². The molecule has 0 heterocycles. The zero-order valence-corrected chi connectivity index (χ0v) is 22.8. The third-order valence-corrected chi connectivity index (χ3v) is 4.91. The summed E-state index contributed by atoms with van der Waals surface area (Å²) in [6, 6.07) is 0. The third kappa shape index (κ3) is 24.6. The van der Waals surface area contributed by atoms with E-state index in [1.807, 2.05) is 7.05 Å². The van der Waals surface area contributed by atoms with E-state index in [0.29, 0.717) is 66.1 Å². The molecule has 0 aromatic carbocycles. The van der Waals surface area contributed by atoms with Crippen molar-refractivity contribution in [1.82, 2.24) is 10.6 Å². The Morgan fingerprint density at radius 1 is 0.485 bits per heavy atom. The van der Waals surface area contributed by atoms with Gasteiger partial charge < -0.3 is 39.1 Å². The van der Waals surface area contributed by atoms with Crippen molar-refractivity contribution in [3.05, 3.63) is 0 Å². The van der Waals surface area contributed by atoms with E-state index in [4.69, 9.17) is 28.4 Å². The summed E-state index contributed by atoms with van der Waals surface area (Å²) in [6.45, 7) is 22.7. The highest BCUT2D eigenvalue weighted by atomic mass is 16.6. The minimum Gasteiger partial charge on any atom is -0.378 e. The molecule has 0 rings (SSSR count). The Bertz CT molecular complexity index is 441. The Morgan fingerprint density at radius 2 is 0.848 bits per heavy atom. The second-order valence-electron chi connectivity index (χ2n) is 10.4. The summed E-state index contributed by atoms with van der Waals surface area (Å²) in [6.07, 6.45) is 1.82. The van der Waals surface area contributed by atoms with E-state index in [1.54, 1.807) is 0 Å². The van der Waals surface area contributed by atoms with E-state index in [2.05, 4.69) is 59.1 Å². The molecule has 0 aromatic rings. The Balaban J connectivity index is 3.66. The summed E-state index contributed by atoms with van der Waals surface area (Å²) in [4.78, 5) is 0. The summed E-state index contributed by atoms with van der Waals surface area (Å²) in [5.41, 5.74) is -0.308. The number of likely N-dealkylation sites (N-methyl/N-ethyl adjacent to an activating group) is 1. The van der Waals surface area contributed by atoms with Crippen molar-refractivity contribution >= 4 is 0 Å². The number of hydrogen-bond acceptors (Lipinski definition) is 8. The van der Waals surface area contributed by atoms with Crippen LogP contribution in [-0.2, 0) is 28.4 Å². The van der Waals surface area contributed by atoms with Crippen LogP contribution in [0.2, 0.25) is 0 Å². The van der Waals surface area contributed by atoms with Crippen LogP contribution < -0.4 is 10.6 Å². The largest absolute Gasteiger partial charge is 0.378 e. The topological polar surface area (TPSA) is 79.4 Å². The van der Waals surface area contributed by atoms with Crippen LogP contribution >= 0.6 is 0 Å². The smallest absolute Gasteiger partial charge is 0.0707 e. The number of rotatable bonds is 23. The minimum atomic E-state index is -0.222. The highest BCUT2D eigenvalue weighted by molar-refractivity contribution is 4.77. The lowest BCUT2D eigenvalue weighted by Crippen LogP contribution is -2.38. The second kappa shape index (κ2) is 18.9. The van der Waals surface area contributed by atoms with Crippen molar-refractivity contribution in [2.24, 2.45) is 0 Å². The molecule has 0 aromatic heterocycles. The maximum absolute atomic E-state index is 6.04. The molecule has 0 aliphatic rings. The van der Waals surface area contributed by atoms with Crippen LogP contribution in [0.25, 0.3) is 0 Å². The van der Waals surface area contributed by atoms with Gasteiger partial charge in [-0.2, -0.15) is 0 Å². The highest BCUT2D eigenvalue weighted by Gasteiger charge is 2.25. The Hall–Kier alpha value is -0.320. The van der Waals surface area contributed by atoms with Gasteiger partial charge in [-0.1, -0.05) is 0 Å². The Kier molecular flexibility index (Phi) is 18.8. The molecular formula is C25H54N2O6. The molecule has 0 saturated heterocycles. The normalized spacial score (nSPS) is 13.1. The van der Waals surface area contributed by atoms with Gasteiger partial charge in [-0.05, 0) is 68.4 Å². The van der Waals surface area contributed by atoms with Gasteiger partial charge in [-0.25, -0.2) is 0 Å². The third-order valence-electron chi connectivity index (χ3n) is 4.91. The first-order valence-corrected chi connectivity index (χ1v) is 12.5. The molecule has 200 valence electrons. The van der Waals surface area contributed by atoms with Crippen molar-refractivity contribution < 1.29 is 28.4 Å².